The minimum Gasteiger partial charge on any atom is -0.508 e. The van der Waals surface area contributed by atoms with Gasteiger partial charge in [0.2, 0.25) is 5.91 Å². The van der Waals surface area contributed by atoms with Crippen LogP contribution in [0.2, 0.25) is 0 Å². The Labute approximate surface area is 179 Å². The van der Waals surface area contributed by atoms with E-state index in [1.807, 2.05) is 42.5 Å². The van der Waals surface area contributed by atoms with Crippen LogP contribution in [0.3, 0.4) is 0 Å². The molecule has 2 bridgehead atoms. The van der Waals surface area contributed by atoms with Crippen molar-refractivity contribution in [2.24, 2.45) is 0 Å². The lowest BCUT2D eigenvalue weighted by atomic mass is 9.89. The normalized spacial score (nSPS) is 17.8. The first-order valence-electron chi connectivity index (χ1n) is 10.1. The monoisotopic (exact) mass is 417 g/mol. The summed E-state index contributed by atoms with van der Waals surface area (Å²) in [6.07, 6.45) is 0. The number of hydrogen-bond acceptors (Lipinski definition) is 4. The molecule has 1 aromatic heterocycles. The van der Waals surface area contributed by atoms with Crippen molar-refractivity contribution >= 4 is 28.6 Å². The highest BCUT2D eigenvalue weighted by Gasteiger charge is 2.44. The molecule has 7 nitrogen and oxygen atoms in total. The number of benzene rings is 2. The van der Waals surface area contributed by atoms with E-state index in [0.29, 0.717) is 25.2 Å². The zero-order valence-corrected chi connectivity index (χ0v) is 17.5. The molecule has 2 aromatic carbocycles. The van der Waals surface area contributed by atoms with Crippen molar-refractivity contribution in [3.05, 3.63) is 71.4 Å². The highest BCUT2D eigenvalue weighted by atomic mass is 16.5. The number of aromatic nitrogens is 1. The summed E-state index contributed by atoms with van der Waals surface area (Å²) in [5, 5.41) is 10.6. The van der Waals surface area contributed by atoms with E-state index >= 15 is 0 Å². The number of urea groups is 1. The van der Waals surface area contributed by atoms with Gasteiger partial charge in [0.25, 0.3) is 0 Å². The van der Waals surface area contributed by atoms with Gasteiger partial charge in [-0.2, -0.15) is 0 Å². The van der Waals surface area contributed by atoms with E-state index in [-0.39, 0.29) is 23.6 Å². The number of imide groups is 1. The lowest BCUT2D eigenvalue weighted by molar-refractivity contribution is -0.132. The molecular formula is C24H23N3O4. The van der Waals surface area contributed by atoms with Crippen molar-refractivity contribution in [3.63, 3.8) is 0 Å². The molecule has 0 saturated carbocycles. The minimum atomic E-state index is -0.387. The third-order valence-corrected chi connectivity index (χ3v) is 6.33. The minimum absolute atomic E-state index is 0.0317. The van der Waals surface area contributed by atoms with Gasteiger partial charge >= 0.3 is 6.03 Å². The summed E-state index contributed by atoms with van der Waals surface area (Å²) in [4.78, 5) is 28.6. The quantitative estimate of drug-likeness (QED) is 0.657. The van der Waals surface area contributed by atoms with E-state index in [1.165, 1.54) is 4.90 Å². The molecule has 0 spiro atoms. The fraction of sp³-hybridized carbons (Fsp3) is 0.250. The van der Waals surface area contributed by atoms with Crippen molar-refractivity contribution in [2.45, 2.75) is 19.0 Å². The maximum absolute atomic E-state index is 13.0. The Morgan fingerprint density at radius 3 is 2.61 bits per heavy atom. The third-order valence-electron chi connectivity index (χ3n) is 6.33. The number of ether oxygens (including phenoxy) is 1. The summed E-state index contributed by atoms with van der Waals surface area (Å²) in [7, 11) is 3.17. The number of fused-ring (bicyclic) bond motifs is 6. The highest BCUT2D eigenvalue weighted by molar-refractivity contribution is 6.04. The third kappa shape index (κ3) is 2.88. The van der Waals surface area contributed by atoms with Gasteiger partial charge in [0, 0.05) is 42.3 Å². The molecule has 1 saturated heterocycles. The molecule has 2 aliphatic heterocycles. The van der Waals surface area contributed by atoms with Crippen LogP contribution in [0.25, 0.3) is 16.7 Å². The average Bonchev–Trinajstić information content (AvgIpc) is 3.09. The summed E-state index contributed by atoms with van der Waals surface area (Å²) in [5.41, 5.74) is 4.67. The number of nitrogens with zero attached hydrogens (tertiary/aromatic N) is 3. The number of carbonyl (C=O) groups excluding carboxylic acids is 2. The molecule has 7 heteroatoms. The van der Waals surface area contributed by atoms with Crippen molar-refractivity contribution in [1.82, 2.24) is 14.4 Å². The van der Waals surface area contributed by atoms with Crippen LogP contribution in [0, 0.1) is 0 Å². The molecule has 158 valence electrons. The number of likely N-dealkylation sites (N-methyl/N-ethyl adjacent to an activating group) is 1. The van der Waals surface area contributed by atoms with Crippen LogP contribution in [0.1, 0.15) is 28.3 Å². The van der Waals surface area contributed by atoms with Crippen molar-refractivity contribution in [2.75, 3.05) is 20.7 Å². The first-order chi connectivity index (χ1) is 14.9. The van der Waals surface area contributed by atoms with E-state index < -0.39 is 0 Å². The number of aliphatic hydroxyl groups excluding tert-OH is 1. The van der Waals surface area contributed by atoms with Crippen LogP contribution in [-0.2, 0) is 17.9 Å². The fourth-order valence-electron chi connectivity index (χ4n) is 4.71. The van der Waals surface area contributed by atoms with Gasteiger partial charge in [-0.05, 0) is 29.3 Å². The number of aliphatic hydroxyl groups is 1. The van der Waals surface area contributed by atoms with Crippen LogP contribution >= 0.6 is 0 Å². The first-order valence-corrected chi connectivity index (χ1v) is 10.1. The van der Waals surface area contributed by atoms with Crippen LogP contribution in [0.15, 0.2) is 49.0 Å². The van der Waals surface area contributed by atoms with Crippen molar-refractivity contribution in [3.8, 4) is 5.75 Å². The second-order valence-electron chi connectivity index (χ2n) is 8.09. The summed E-state index contributed by atoms with van der Waals surface area (Å²) < 4.78 is 7.62. The molecule has 1 N–H and O–H groups in total. The molecule has 3 aromatic rings. The smallest absolute Gasteiger partial charge is 0.326 e. The van der Waals surface area contributed by atoms with E-state index in [1.54, 1.807) is 19.1 Å². The lowest BCUT2D eigenvalue weighted by Crippen LogP contribution is -2.56. The second-order valence-corrected chi connectivity index (χ2v) is 8.09. The molecular weight excluding hydrogens is 394 g/mol. The van der Waals surface area contributed by atoms with Gasteiger partial charge < -0.3 is 19.3 Å². The van der Waals surface area contributed by atoms with Crippen LogP contribution in [0.4, 0.5) is 4.79 Å². The van der Waals surface area contributed by atoms with Gasteiger partial charge in [-0.15, -0.1) is 0 Å². The number of rotatable bonds is 4. The molecule has 1 fully saturated rings. The Morgan fingerprint density at radius 1 is 1.19 bits per heavy atom. The molecule has 0 radical (unpaired) electrons. The Hall–Kier alpha value is -3.74. The molecule has 2 aliphatic rings. The number of carbonyl (C=O) groups is 2. The van der Waals surface area contributed by atoms with Gasteiger partial charge in [0.15, 0.2) is 0 Å². The van der Waals surface area contributed by atoms with Crippen LogP contribution < -0.4 is 4.74 Å². The van der Waals surface area contributed by atoms with Gasteiger partial charge in [0.05, 0.1) is 19.6 Å². The average molecular weight is 417 g/mol. The predicted octanol–water partition coefficient (Wildman–Crippen LogP) is 3.72. The van der Waals surface area contributed by atoms with E-state index in [9.17, 15) is 14.7 Å². The molecule has 31 heavy (non-hydrogen) atoms. The van der Waals surface area contributed by atoms with Gasteiger partial charge in [-0.25, -0.2) is 4.79 Å². The fourth-order valence-corrected chi connectivity index (χ4v) is 4.71. The maximum Gasteiger partial charge on any atom is 0.326 e. The molecule has 1 atom stereocenters. The lowest BCUT2D eigenvalue weighted by Gasteiger charge is -2.41. The zero-order valence-electron chi connectivity index (χ0n) is 17.5. The van der Waals surface area contributed by atoms with E-state index in [0.717, 1.165) is 33.5 Å². The maximum atomic E-state index is 13.0. The molecule has 3 amide bonds. The summed E-state index contributed by atoms with van der Waals surface area (Å²) in [6, 6.07) is 13.2. The largest absolute Gasteiger partial charge is 0.508 e. The van der Waals surface area contributed by atoms with Crippen LogP contribution in [0.5, 0.6) is 5.75 Å². The van der Waals surface area contributed by atoms with E-state index in [2.05, 4.69) is 11.1 Å². The van der Waals surface area contributed by atoms with Gasteiger partial charge in [-0.1, -0.05) is 30.8 Å². The number of hydrogen-bond donors (Lipinski definition) is 1. The summed E-state index contributed by atoms with van der Waals surface area (Å²) in [6.45, 7) is 4.99. The first kappa shape index (κ1) is 19.2. The van der Waals surface area contributed by atoms with Gasteiger partial charge in [0.1, 0.15) is 11.5 Å². The highest BCUT2D eigenvalue weighted by Crippen LogP contribution is 2.41. The SMILES string of the molecule is C=C(O)c1ccc(Cn2c3c(c4cc(OC)ccc42)C2CN(C3)C(=O)N(C)C2=O)cc1. The number of methoxy groups -OCH3 is 1. The molecule has 1 unspecified atom stereocenters. The molecule has 5 rings (SSSR count). The van der Waals surface area contributed by atoms with E-state index in [4.69, 9.17) is 4.74 Å². The van der Waals surface area contributed by atoms with Crippen molar-refractivity contribution < 1.29 is 19.4 Å². The summed E-state index contributed by atoms with van der Waals surface area (Å²) in [5.74, 6) is 0.204. The van der Waals surface area contributed by atoms with Crippen molar-refractivity contribution in [1.29, 1.82) is 0 Å². The second kappa shape index (κ2) is 6.91. The van der Waals surface area contributed by atoms with Crippen LogP contribution in [-0.4, -0.2) is 52.1 Å². The Bertz CT molecular complexity index is 1240. The standard InChI is InChI=1S/C24H23N3O4/c1-14(28)16-6-4-15(5-7-16)11-27-20-9-8-17(31-3)10-18(20)22-19-12-26(13-21(22)27)24(30)25(2)23(19)29/h4-10,19,28H,1,11-13H2,2-3H3. The Kier molecular flexibility index (Phi) is 4.28. The molecule has 3 heterocycles. The summed E-state index contributed by atoms with van der Waals surface area (Å²) >= 11 is 0. The van der Waals surface area contributed by atoms with Gasteiger partial charge in [-0.3, -0.25) is 9.69 Å². The molecule has 0 aliphatic carbocycles. The predicted molar refractivity (Wildman–Crippen MR) is 117 cm³/mol. The zero-order chi connectivity index (χ0) is 21.9. The topological polar surface area (TPSA) is 75.0 Å². The Balaban J connectivity index is 1.68. The Morgan fingerprint density at radius 2 is 1.94 bits per heavy atom. The number of amides is 3.